The Labute approximate surface area is 192 Å². The van der Waals surface area contributed by atoms with Crippen LogP contribution in [0.15, 0.2) is 11.1 Å². The molecule has 5 unspecified atom stereocenters. The van der Waals surface area contributed by atoms with Crippen LogP contribution in [-0.2, 0) is 28.6 Å². The number of Topliss-reactive ketones (excluding diaryl/α,β-unsaturated/α-hetero) is 2. The lowest BCUT2D eigenvalue weighted by molar-refractivity contribution is -0.182. The molecule has 3 N–H and O–H groups in total. The summed E-state index contributed by atoms with van der Waals surface area (Å²) in [6.07, 6.45) is -2.70. The number of carbonyl (C=O) groups excluding carboxylic acids is 3. The van der Waals surface area contributed by atoms with Gasteiger partial charge < -0.3 is 29.7 Å². The molecular weight excluding hydrogens is 430 g/mol. The largest absolute Gasteiger partial charge is 0.454 e. The Morgan fingerprint density at radius 2 is 1.73 bits per heavy atom. The van der Waals surface area contributed by atoms with Crippen LogP contribution in [-0.4, -0.2) is 84.1 Å². The van der Waals surface area contributed by atoms with Crippen LogP contribution in [0.1, 0.15) is 39.5 Å². The van der Waals surface area contributed by atoms with Crippen LogP contribution in [0, 0.1) is 23.7 Å². The summed E-state index contributed by atoms with van der Waals surface area (Å²) in [5, 5.41) is 25.0. The second-order valence-corrected chi connectivity index (χ2v) is 10.3. The fraction of sp³-hybridized carbons (Fsp3) is 0.792. The third-order valence-corrected chi connectivity index (χ3v) is 8.38. The molecule has 0 aromatic heterocycles. The number of nitrogens with one attached hydrogen (secondary N) is 1. The zero-order valence-electron chi connectivity index (χ0n) is 19.2. The van der Waals surface area contributed by atoms with Gasteiger partial charge in [-0.3, -0.25) is 14.4 Å². The van der Waals surface area contributed by atoms with Gasteiger partial charge in [0, 0.05) is 35.4 Å². The Morgan fingerprint density at radius 3 is 2.45 bits per heavy atom. The van der Waals surface area contributed by atoms with Crippen molar-refractivity contribution in [2.75, 3.05) is 13.6 Å². The molecule has 2 aliphatic carbocycles. The van der Waals surface area contributed by atoms with Crippen LogP contribution in [0.25, 0.3) is 0 Å². The lowest BCUT2D eigenvalue weighted by Gasteiger charge is -2.49. The Bertz CT molecular complexity index is 886. The highest BCUT2D eigenvalue weighted by atomic mass is 16.6. The third-order valence-electron chi connectivity index (χ3n) is 8.38. The standard InChI is InChI=1S/C24H33NO8/c1-9-17-19(24-15(31-9)7-16(26)33-24)22(29)13-5-4-12(21(28)18(13)23(17)30)14-6-11(8-25-3)20(27)10(2)32-14/h9-15,18,20-21,24-25,27-28H,4-8H2,1-3H3/t9-,10-,11+,12?,13?,14?,15-,18?,20-,21?,24+/m1/s1. The number of hydrogen-bond acceptors (Lipinski definition) is 9. The van der Waals surface area contributed by atoms with Crippen molar-refractivity contribution in [3.63, 3.8) is 0 Å². The van der Waals surface area contributed by atoms with Crippen LogP contribution >= 0.6 is 0 Å². The molecule has 3 fully saturated rings. The fourth-order valence-electron chi connectivity index (χ4n) is 6.83. The second kappa shape index (κ2) is 8.53. The van der Waals surface area contributed by atoms with E-state index in [1.54, 1.807) is 6.92 Å². The van der Waals surface area contributed by atoms with Gasteiger partial charge in [0.2, 0.25) is 0 Å². The van der Waals surface area contributed by atoms with Gasteiger partial charge in [-0.25, -0.2) is 0 Å². The smallest absolute Gasteiger partial charge is 0.309 e. The van der Waals surface area contributed by atoms with Gasteiger partial charge in [-0.2, -0.15) is 0 Å². The Kier molecular flexibility index (Phi) is 5.98. The van der Waals surface area contributed by atoms with Gasteiger partial charge in [0.05, 0.1) is 42.9 Å². The third kappa shape index (κ3) is 3.60. The first kappa shape index (κ1) is 23.1. The van der Waals surface area contributed by atoms with Crippen LogP contribution in [0.4, 0.5) is 0 Å². The van der Waals surface area contributed by atoms with Crippen LogP contribution in [0.5, 0.6) is 0 Å². The number of aliphatic hydroxyl groups is 2. The Hall–Kier alpha value is -1.65. The molecule has 0 spiro atoms. The molecule has 3 aliphatic heterocycles. The number of rotatable bonds is 3. The first-order valence-corrected chi connectivity index (χ1v) is 12.1. The van der Waals surface area contributed by atoms with Crippen LogP contribution < -0.4 is 5.32 Å². The van der Waals surface area contributed by atoms with Crippen molar-refractivity contribution in [2.45, 2.75) is 82.3 Å². The predicted octanol–water partition coefficient (Wildman–Crippen LogP) is -0.0852. The summed E-state index contributed by atoms with van der Waals surface area (Å²) in [6, 6.07) is 0. The van der Waals surface area contributed by atoms with E-state index in [1.165, 1.54) is 0 Å². The maximum Gasteiger partial charge on any atom is 0.309 e. The lowest BCUT2D eigenvalue weighted by Crippen LogP contribution is -2.58. The highest BCUT2D eigenvalue weighted by Crippen LogP contribution is 2.49. The molecule has 0 bridgehead atoms. The maximum absolute atomic E-state index is 13.7. The van der Waals surface area contributed by atoms with Gasteiger partial charge in [-0.15, -0.1) is 0 Å². The highest BCUT2D eigenvalue weighted by Gasteiger charge is 2.58. The molecule has 3 heterocycles. The number of fused-ring (bicyclic) bond motifs is 3. The minimum atomic E-state index is -1.03. The molecular formula is C24H33NO8. The minimum absolute atomic E-state index is 0.0209. The number of hydrogen-bond donors (Lipinski definition) is 3. The van der Waals surface area contributed by atoms with Crippen LogP contribution in [0.2, 0.25) is 0 Å². The number of ketones is 2. The van der Waals surface area contributed by atoms with E-state index in [1.807, 2.05) is 14.0 Å². The van der Waals surface area contributed by atoms with Crippen molar-refractivity contribution >= 4 is 17.5 Å². The summed E-state index contributed by atoms with van der Waals surface area (Å²) < 4.78 is 17.3. The SMILES string of the molecule is CNC[C@@H]1CC(C2CCC3C(=O)C4=C(C(=O)C3C2O)[C@@H](C)O[C@@H]2CC(=O)O[C@H]42)O[C@H](C)[C@H]1O. The van der Waals surface area contributed by atoms with Crippen molar-refractivity contribution in [3.8, 4) is 0 Å². The number of ether oxygens (including phenoxy) is 3. The molecule has 0 amide bonds. The fourth-order valence-corrected chi connectivity index (χ4v) is 6.83. The summed E-state index contributed by atoms with van der Waals surface area (Å²) in [5.74, 6) is -2.73. The first-order chi connectivity index (χ1) is 15.7. The van der Waals surface area contributed by atoms with E-state index in [0.717, 1.165) is 0 Å². The topological polar surface area (TPSA) is 131 Å². The molecule has 9 nitrogen and oxygen atoms in total. The van der Waals surface area contributed by atoms with Crippen molar-refractivity contribution in [3.05, 3.63) is 11.1 Å². The molecule has 0 aromatic carbocycles. The molecule has 5 rings (SSSR count). The minimum Gasteiger partial charge on any atom is -0.454 e. The number of aliphatic hydroxyl groups excluding tert-OH is 2. The molecule has 182 valence electrons. The van der Waals surface area contributed by atoms with Crippen molar-refractivity contribution in [1.82, 2.24) is 5.32 Å². The molecule has 33 heavy (non-hydrogen) atoms. The molecule has 11 atom stereocenters. The lowest BCUT2D eigenvalue weighted by atomic mass is 9.60. The second-order valence-electron chi connectivity index (χ2n) is 10.3. The zero-order valence-corrected chi connectivity index (χ0v) is 19.2. The van der Waals surface area contributed by atoms with E-state index in [4.69, 9.17) is 14.2 Å². The van der Waals surface area contributed by atoms with Gasteiger partial charge in [-0.1, -0.05) is 0 Å². The predicted molar refractivity (Wildman–Crippen MR) is 114 cm³/mol. The molecule has 5 aliphatic rings. The summed E-state index contributed by atoms with van der Waals surface area (Å²) in [7, 11) is 1.83. The molecule has 9 heteroatoms. The van der Waals surface area contributed by atoms with Crippen molar-refractivity contribution < 1.29 is 38.8 Å². The monoisotopic (exact) mass is 463 g/mol. The summed E-state index contributed by atoms with van der Waals surface area (Å²) in [6.45, 7) is 4.16. The van der Waals surface area contributed by atoms with E-state index in [9.17, 15) is 24.6 Å². The molecule has 2 saturated heterocycles. The van der Waals surface area contributed by atoms with Crippen LogP contribution in [0.3, 0.4) is 0 Å². The van der Waals surface area contributed by atoms with E-state index in [0.29, 0.717) is 25.8 Å². The molecule has 0 radical (unpaired) electrons. The average Bonchev–Trinajstić information content (AvgIpc) is 3.13. The van der Waals surface area contributed by atoms with Crippen molar-refractivity contribution in [1.29, 1.82) is 0 Å². The average molecular weight is 464 g/mol. The summed E-state index contributed by atoms with van der Waals surface area (Å²) in [4.78, 5) is 39.1. The first-order valence-electron chi connectivity index (χ1n) is 12.1. The normalized spacial score (nSPS) is 47.7. The van der Waals surface area contributed by atoms with Crippen molar-refractivity contribution in [2.24, 2.45) is 23.7 Å². The van der Waals surface area contributed by atoms with E-state index < -0.39 is 48.3 Å². The Balaban J connectivity index is 1.43. The zero-order chi connectivity index (χ0) is 23.6. The molecule has 0 aromatic rings. The summed E-state index contributed by atoms with van der Waals surface area (Å²) >= 11 is 0. The number of esters is 1. The van der Waals surface area contributed by atoms with Gasteiger partial charge in [0.15, 0.2) is 17.7 Å². The maximum atomic E-state index is 13.7. The molecule has 1 saturated carbocycles. The van der Waals surface area contributed by atoms with E-state index in [2.05, 4.69) is 5.32 Å². The number of carbonyl (C=O) groups is 3. The highest BCUT2D eigenvalue weighted by molar-refractivity contribution is 6.15. The van der Waals surface area contributed by atoms with E-state index >= 15 is 0 Å². The van der Waals surface area contributed by atoms with Gasteiger partial charge in [0.1, 0.15) is 6.10 Å². The van der Waals surface area contributed by atoms with Gasteiger partial charge in [-0.05, 0) is 40.2 Å². The summed E-state index contributed by atoms with van der Waals surface area (Å²) in [5.41, 5.74) is 0.527. The Morgan fingerprint density at radius 1 is 0.970 bits per heavy atom. The van der Waals surface area contributed by atoms with Gasteiger partial charge in [0.25, 0.3) is 0 Å². The van der Waals surface area contributed by atoms with Gasteiger partial charge >= 0.3 is 5.97 Å². The van der Waals surface area contributed by atoms with E-state index in [-0.39, 0.29) is 53.2 Å². The quantitative estimate of drug-likeness (QED) is 0.492.